The van der Waals surface area contributed by atoms with Gasteiger partial charge < -0.3 is 9.64 Å². The molecule has 0 N–H and O–H groups in total. The van der Waals surface area contributed by atoms with Crippen LogP contribution < -0.4 is 0 Å². The molecule has 5 heteroatoms. The second-order valence-electron chi connectivity index (χ2n) is 8.90. The Morgan fingerprint density at radius 1 is 1.10 bits per heavy atom. The molecule has 1 amide bonds. The van der Waals surface area contributed by atoms with E-state index in [1.807, 2.05) is 12.1 Å². The van der Waals surface area contributed by atoms with Crippen molar-refractivity contribution in [2.75, 3.05) is 32.8 Å². The fourth-order valence-electron chi connectivity index (χ4n) is 4.65. The minimum Gasteiger partial charge on any atom is -0.376 e. The van der Waals surface area contributed by atoms with Gasteiger partial charge in [-0.1, -0.05) is 24.3 Å². The van der Waals surface area contributed by atoms with E-state index in [1.165, 1.54) is 16.0 Å². The summed E-state index contributed by atoms with van der Waals surface area (Å²) in [6, 6.07) is 12.7. The third-order valence-electron chi connectivity index (χ3n) is 6.53. The number of nitrogens with zero attached hydrogens (tertiary/aromatic N) is 2. The highest BCUT2D eigenvalue weighted by atomic mass is 32.1. The van der Waals surface area contributed by atoms with E-state index in [9.17, 15) is 4.79 Å². The molecule has 1 unspecified atom stereocenters. The van der Waals surface area contributed by atoms with E-state index < -0.39 is 0 Å². The van der Waals surface area contributed by atoms with Crippen LogP contribution in [0.15, 0.2) is 36.4 Å². The van der Waals surface area contributed by atoms with Crippen molar-refractivity contribution in [2.24, 2.45) is 5.92 Å². The minimum atomic E-state index is 0.186. The zero-order valence-corrected chi connectivity index (χ0v) is 19.1. The Balaban J connectivity index is 1.34. The second-order valence-corrected chi connectivity index (χ2v) is 10.2. The molecule has 1 atom stereocenters. The van der Waals surface area contributed by atoms with Gasteiger partial charge in [-0.3, -0.25) is 9.69 Å². The molecule has 0 bridgehead atoms. The van der Waals surface area contributed by atoms with Crippen LogP contribution in [-0.2, 0) is 11.3 Å². The summed E-state index contributed by atoms with van der Waals surface area (Å²) in [5, 5.41) is 0. The van der Waals surface area contributed by atoms with Crippen molar-refractivity contribution in [3.8, 4) is 0 Å². The van der Waals surface area contributed by atoms with Gasteiger partial charge >= 0.3 is 0 Å². The van der Waals surface area contributed by atoms with Gasteiger partial charge in [0.1, 0.15) is 0 Å². The lowest BCUT2D eigenvalue weighted by Gasteiger charge is -2.35. The molecule has 0 radical (unpaired) electrons. The summed E-state index contributed by atoms with van der Waals surface area (Å²) >= 11 is 1.61. The quantitative estimate of drug-likeness (QED) is 0.631. The summed E-state index contributed by atoms with van der Waals surface area (Å²) in [5.74, 6) is 0.760. The molecule has 3 heterocycles. The molecule has 30 heavy (non-hydrogen) atoms. The average molecular weight is 427 g/mol. The Morgan fingerprint density at radius 2 is 1.90 bits per heavy atom. The van der Waals surface area contributed by atoms with Gasteiger partial charge in [-0.25, -0.2) is 0 Å². The number of piperidine rings is 1. The molecule has 4 nitrogen and oxygen atoms in total. The SMILES string of the molecule is Cc1ccc(C(=O)N(CC2CCN(Cc3ccccc3C)CC2)CC2CCCO2)s1. The number of aryl methyl sites for hydroxylation is 2. The van der Waals surface area contributed by atoms with E-state index in [1.54, 1.807) is 11.3 Å². The highest BCUT2D eigenvalue weighted by Gasteiger charge is 2.28. The van der Waals surface area contributed by atoms with Crippen LogP contribution in [0.25, 0.3) is 0 Å². The van der Waals surface area contributed by atoms with Gasteiger partial charge in [-0.15, -0.1) is 11.3 Å². The molecule has 2 aromatic rings. The Kier molecular flexibility index (Phi) is 7.24. The largest absolute Gasteiger partial charge is 0.376 e. The lowest BCUT2D eigenvalue weighted by Crippen LogP contribution is -2.43. The van der Waals surface area contributed by atoms with Gasteiger partial charge in [0.25, 0.3) is 5.91 Å². The lowest BCUT2D eigenvalue weighted by atomic mass is 9.95. The van der Waals surface area contributed by atoms with Crippen molar-refractivity contribution < 1.29 is 9.53 Å². The molecule has 0 spiro atoms. The second kappa shape index (κ2) is 10.1. The molecule has 0 saturated carbocycles. The van der Waals surface area contributed by atoms with Crippen molar-refractivity contribution in [1.82, 2.24) is 9.80 Å². The molecule has 0 aliphatic carbocycles. The number of benzene rings is 1. The summed E-state index contributed by atoms with van der Waals surface area (Å²) in [6.45, 7) is 9.94. The molecule has 4 rings (SSSR count). The Bertz CT molecular complexity index is 835. The molecular formula is C25H34N2O2S. The first-order valence-electron chi connectivity index (χ1n) is 11.3. The number of ether oxygens (including phenoxy) is 1. The zero-order valence-electron chi connectivity index (χ0n) is 18.3. The van der Waals surface area contributed by atoms with Crippen molar-refractivity contribution in [3.63, 3.8) is 0 Å². The van der Waals surface area contributed by atoms with E-state index in [2.05, 4.69) is 47.9 Å². The molecule has 2 fully saturated rings. The van der Waals surface area contributed by atoms with Crippen molar-refractivity contribution in [3.05, 3.63) is 57.3 Å². The summed E-state index contributed by atoms with van der Waals surface area (Å²) in [4.78, 5) is 19.9. The van der Waals surface area contributed by atoms with E-state index >= 15 is 0 Å². The minimum absolute atomic E-state index is 0.186. The Morgan fingerprint density at radius 3 is 2.57 bits per heavy atom. The molecule has 1 aromatic carbocycles. The summed E-state index contributed by atoms with van der Waals surface area (Å²) in [6.07, 6.45) is 4.70. The Labute approximate surface area is 184 Å². The van der Waals surface area contributed by atoms with Crippen LogP contribution in [-0.4, -0.2) is 54.6 Å². The maximum atomic E-state index is 13.2. The van der Waals surface area contributed by atoms with Crippen LogP contribution in [0.4, 0.5) is 0 Å². The van der Waals surface area contributed by atoms with Crippen LogP contribution in [0.2, 0.25) is 0 Å². The Hall–Kier alpha value is -1.69. The van der Waals surface area contributed by atoms with Crippen LogP contribution in [0.5, 0.6) is 0 Å². The van der Waals surface area contributed by atoms with Gasteiger partial charge in [0.2, 0.25) is 0 Å². The molecule has 2 saturated heterocycles. The predicted octanol–water partition coefficient (Wildman–Crippen LogP) is 4.90. The van der Waals surface area contributed by atoms with Gasteiger partial charge in [0.05, 0.1) is 11.0 Å². The fourth-order valence-corrected chi connectivity index (χ4v) is 5.48. The number of carbonyl (C=O) groups excluding carboxylic acids is 1. The highest BCUT2D eigenvalue weighted by molar-refractivity contribution is 7.13. The van der Waals surface area contributed by atoms with Gasteiger partial charge in [-0.2, -0.15) is 0 Å². The first-order chi connectivity index (χ1) is 14.6. The number of thiophene rings is 1. The lowest BCUT2D eigenvalue weighted by molar-refractivity contribution is 0.0448. The van der Waals surface area contributed by atoms with Crippen molar-refractivity contribution >= 4 is 17.2 Å². The number of rotatable bonds is 7. The monoisotopic (exact) mass is 426 g/mol. The van der Waals surface area contributed by atoms with E-state index in [0.717, 1.165) is 69.9 Å². The van der Waals surface area contributed by atoms with Crippen LogP contribution in [0, 0.1) is 19.8 Å². The highest BCUT2D eigenvalue weighted by Crippen LogP contribution is 2.25. The summed E-state index contributed by atoms with van der Waals surface area (Å²) in [5.41, 5.74) is 2.80. The van der Waals surface area contributed by atoms with E-state index in [-0.39, 0.29) is 12.0 Å². The van der Waals surface area contributed by atoms with Crippen molar-refractivity contribution in [2.45, 2.75) is 52.2 Å². The molecule has 2 aliphatic heterocycles. The van der Waals surface area contributed by atoms with Crippen LogP contribution >= 0.6 is 11.3 Å². The van der Waals surface area contributed by atoms with Crippen molar-refractivity contribution in [1.29, 1.82) is 0 Å². The predicted molar refractivity (Wildman–Crippen MR) is 123 cm³/mol. The molecule has 1 aromatic heterocycles. The number of likely N-dealkylation sites (tertiary alicyclic amines) is 1. The summed E-state index contributed by atoms with van der Waals surface area (Å²) in [7, 11) is 0. The molecule has 2 aliphatic rings. The fraction of sp³-hybridized carbons (Fsp3) is 0.560. The standard InChI is InChI=1S/C25H34N2O2S/c1-19-6-3-4-7-22(19)17-26-13-11-21(12-14-26)16-27(18-23-8-5-15-29-23)25(28)24-10-9-20(2)30-24/h3-4,6-7,9-10,21,23H,5,8,11-18H2,1-2H3. The maximum Gasteiger partial charge on any atom is 0.264 e. The third kappa shape index (κ3) is 5.51. The summed E-state index contributed by atoms with van der Waals surface area (Å²) < 4.78 is 5.86. The van der Waals surface area contributed by atoms with E-state index in [4.69, 9.17) is 4.74 Å². The molecule has 162 valence electrons. The normalized spacial score (nSPS) is 20.5. The first kappa shape index (κ1) is 21.5. The molecular weight excluding hydrogens is 392 g/mol. The maximum absolute atomic E-state index is 13.2. The topological polar surface area (TPSA) is 32.8 Å². The van der Waals surface area contributed by atoms with Gasteiger partial charge in [-0.05, 0) is 81.8 Å². The number of carbonyl (C=O) groups is 1. The zero-order chi connectivity index (χ0) is 20.9. The van der Waals surface area contributed by atoms with Crippen LogP contribution in [0.1, 0.15) is 51.4 Å². The van der Waals surface area contributed by atoms with Gasteiger partial charge in [0.15, 0.2) is 0 Å². The smallest absolute Gasteiger partial charge is 0.264 e. The third-order valence-corrected chi connectivity index (χ3v) is 7.52. The number of hydrogen-bond donors (Lipinski definition) is 0. The van der Waals surface area contributed by atoms with Gasteiger partial charge in [0, 0.05) is 31.1 Å². The number of amides is 1. The van der Waals surface area contributed by atoms with Crippen LogP contribution in [0.3, 0.4) is 0 Å². The first-order valence-corrected chi connectivity index (χ1v) is 12.1. The average Bonchev–Trinajstić information content (AvgIpc) is 3.42. The number of hydrogen-bond acceptors (Lipinski definition) is 4. The van der Waals surface area contributed by atoms with E-state index in [0.29, 0.717) is 5.92 Å².